The second-order valence-electron chi connectivity index (χ2n) is 7.10. The molecule has 1 amide bonds. The van der Waals surface area contributed by atoms with E-state index in [1.54, 1.807) is 0 Å². The first-order chi connectivity index (χ1) is 13.1. The van der Waals surface area contributed by atoms with Gasteiger partial charge in [0.15, 0.2) is 11.5 Å². The van der Waals surface area contributed by atoms with Crippen LogP contribution < -0.4 is 14.4 Å². The van der Waals surface area contributed by atoms with Crippen molar-refractivity contribution >= 4 is 11.9 Å². The lowest BCUT2D eigenvalue weighted by atomic mass is 10.1. The Hall–Kier alpha value is -2.77. The summed E-state index contributed by atoms with van der Waals surface area (Å²) >= 11 is 0. The fraction of sp³-hybridized carbons (Fsp3) is 0.526. The molecule has 0 N–H and O–H groups in total. The lowest BCUT2D eigenvalue weighted by Gasteiger charge is -2.33. The fourth-order valence-electron chi connectivity index (χ4n) is 3.22. The summed E-state index contributed by atoms with van der Waals surface area (Å²) in [5.74, 6) is 2.42. The maximum absolute atomic E-state index is 12.7. The normalized spacial score (nSPS) is 16.7. The molecule has 0 spiro atoms. The van der Waals surface area contributed by atoms with Crippen molar-refractivity contribution in [3.05, 3.63) is 29.7 Å². The number of ether oxygens (including phenoxy) is 2. The molecule has 8 heteroatoms. The smallest absolute Gasteiger partial charge is 0.318 e. The van der Waals surface area contributed by atoms with Crippen LogP contribution in [0.15, 0.2) is 22.6 Å². The Kier molecular flexibility index (Phi) is 4.87. The first kappa shape index (κ1) is 17.6. The monoisotopic (exact) mass is 372 g/mol. The highest BCUT2D eigenvalue weighted by molar-refractivity contribution is 5.79. The molecule has 2 aliphatic heterocycles. The van der Waals surface area contributed by atoms with Crippen LogP contribution in [-0.2, 0) is 11.2 Å². The van der Waals surface area contributed by atoms with Gasteiger partial charge in [-0.3, -0.25) is 4.79 Å². The van der Waals surface area contributed by atoms with Gasteiger partial charge in [-0.1, -0.05) is 25.0 Å². The lowest BCUT2D eigenvalue weighted by molar-refractivity contribution is -0.130. The molecule has 4 rings (SSSR count). The number of piperazine rings is 1. The third-order valence-corrected chi connectivity index (χ3v) is 4.79. The molecule has 0 bridgehead atoms. The van der Waals surface area contributed by atoms with Crippen LogP contribution in [0.3, 0.4) is 0 Å². The molecule has 144 valence electrons. The molecule has 1 fully saturated rings. The van der Waals surface area contributed by atoms with Gasteiger partial charge in [-0.05, 0) is 17.7 Å². The summed E-state index contributed by atoms with van der Waals surface area (Å²) in [6.45, 7) is 7.80. The molecular weight excluding hydrogens is 348 g/mol. The van der Waals surface area contributed by atoms with Gasteiger partial charge in [0.25, 0.3) is 0 Å². The van der Waals surface area contributed by atoms with Crippen molar-refractivity contribution in [3.63, 3.8) is 0 Å². The van der Waals surface area contributed by atoms with E-state index in [9.17, 15) is 4.79 Å². The molecule has 27 heavy (non-hydrogen) atoms. The number of carbonyl (C=O) groups excluding carboxylic acids is 1. The number of hydrogen-bond acceptors (Lipinski definition) is 7. The minimum Gasteiger partial charge on any atom is -0.486 e. The van der Waals surface area contributed by atoms with Crippen LogP contribution in [0.5, 0.6) is 11.5 Å². The lowest BCUT2D eigenvalue weighted by Crippen LogP contribution is -2.49. The van der Waals surface area contributed by atoms with E-state index in [0.29, 0.717) is 63.5 Å². The van der Waals surface area contributed by atoms with Crippen molar-refractivity contribution in [1.29, 1.82) is 0 Å². The van der Waals surface area contributed by atoms with E-state index in [2.05, 4.69) is 10.2 Å². The number of anilines is 1. The number of aromatic nitrogens is 2. The van der Waals surface area contributed by atoms with Gasteiger partial charge in [0.1, 0.15) is 13.2 Å². The van der Waals surface area contributed by atoms with Crippen LogP contribution in [0.4, 0.5) is 6.01 Å². The van der Waals surface area contributed by atoms with Gasteiger partial charge in [0.05, 0.1) is 6.42 Å². The largest absolute Gasteiger partial charge is 0.486 e. The highest BCUT2D eigenvalue weighted by Crippen LogP contribution is 2.31. The molecule has 0 saturated carbocycles. The van der Waals surface area contributed by atoms with E-state index < -0.39 is 0 Å². The van der Waals surface area contributed by atoms with Crippen LogP contribution in [0, 0.1) is 0 Å². The maximum Gasteiger partial charge on any atom is 0.318 e. The predicted octanol–water partition coefficient (Wildman–Crippen LogP) is 1.86. The van der Waals surface area contributed by atoms with Crippen molar-refractivity contribution in [2.24, 2.45) is 0 Å². The average Bonchev–Trinajstić information content (AvgIpc) is 3.18. The number of hydrogen-bond donors (Lipinski definition) is 0. The summed E-state index contributed by atoms with van der Waals surface area (Å²) in [5.41, 5.74) is 0.935. The number of fused-ring (bicyclic) bond motifs is 1. The summed E-state index contributed by atoms with van der Waals surface area (Å²) in [7, 11) is 0. The summed E-state index contributed by atoms with van der Waals surface area (Å²) in [5, 5.41) is 8.19. The number of amides is 1. The molecule has 1 aromatic heterocycles. The quantitative estimate of drug-likeness (QED) is 0.810. The number of benzene rings is 1. The van der Waals surface area contributed by atoms with Crippen LogP contribution >= 0.6 is 0 Å². The minimum atomic E-state index is 0.111. The Morgan fingerprint density at radius 1 is 1.07 bits per heavy atom. The van der Waals surface area contributed by atoms with Crippen LogP contribution in [0.2, 0.25) is 0 Å². The summed E-state index contributed by atoms with van der Waals surface area (Å²) in [4.78, 5) is 16.6. The van der Waals surface area contributed by atoms with Crippen LogP contribution in [0.1, 0.15) is 31.2 Å². The van der Waals surface area contributed by atoms with Gasteiger partial charge in [0.2, 0.25) is 11.8 Å². The van der Waals surface area contributed by atoms with Gasteiger partial charge >= 0.3 is 6.01 Å². The van der Waals surface area contributed by atoms with Gasteiger partial charge in [-0.15, -0.1) is 5.10 Å². The minimum absolute atomic E-state index is 0.111. The summed E-state index contributed by atoms with van der Waals surface area (Å²) in [6.07, 6.45) is 0.356. The maximum atomic E-state index is 12.7. The van der Waals surface area contributed by atoms with E-state index in [-0.39, 0.29) is 11.8 Å². The SMILES string of the molecule is CC(C)c1nnc(N2CCN(C(=O)Cc3ccc4c(c3)OCCO4)CC2)o1. The van der Waals surface area contributed by atoms with Gasteiger partial charge in [-0.2, -0.15) is 0 Å². The van der Waals surface area contributed by atoms with Crippen molar-refractivity contribution < 1.29 is 18.7 Å². The summed E-state index contributed by atoms with van der Waals surface area (Å²) in [6, 6.07) is 6.23. The molecule has 2 aliphatic rings. The number of nitrogens with zero attached hydrogens (tertiary/aromatic N) is 4. The van der Waals surface area contributed by atoms with Gasteiger partial charge < -0.3 is 23.7 Å². The zero-order valence-electron chi connectivity index (χ0n) is 15.7. The molecule has 1 saturated heterocycles. The zero-order chi connectivity index (χ0) is 18.8. The van der Waals surface area contributed by atoms with E-state index >= 15 is 0 Å². The van der Waals surface area contributed by atoms with E-state index in [1.165, 1.54) is 0 Å². The van der Waals surface area contributed by atoms with Crippen molar-refractivity contribution in [2.45, 2.75) is 26.2 Å². The molecule has 0 radical (unpaired) electrons. The third-order valence-electron chi connectivity index (χ3n) is 4.79. The second kappa shape index (κ2) is 7.46. The van der Waals surface area contributed by atoms with E-state index in [0.717, 1.165) is 11.3 Å². The second-order valence-corrected chi connectivity index (χ2v) is 7.10. The molecule has 1 aromatic carbocycles. The Morgan fingerprint density at radius 3 is 2.52 bits per heavy atom. The Bertz CT molecular complexity index is 812. The molecule has 2 aromatic rings. The third kappa shape index (κ3) is 3.84. The van der Waals surface area contributed by atoms with E-state index in [4.69, 9.17) is 13.9 Å². The van der Waals surface area contributed by atoms with Crippen molar-refractivity contribution in [3.8, 4) is 11.5 Å². The summed E-state index contributed by atoms with van der Waals surface area (Å²) < 4.78 is 16.8. The van der Waals surface area contributed by atoms with Crippen molar-refractivity contribution in [2.75, 3.05) is 44.3 Å². The van der Waals surface area contributed by atoms with Gasteiger partial charge in [0, 0.05) is 32.1 Å². The van der Waals surface area contributed by atoms with Gasteiger partial charge in [-0.25, -0.2) is 0 Å². The highest BCUT2D eigenvalue weighted by atomic mass is 16.6. The first-order valence-corrected chi connectivity index (χ1v) is 9.35. The standard InChI is InChI=1S/C19H24N4O4/c1-13(2)18-20-21-19(27-18)23-7-5-22(6-8-23)17(24)12-14-3-4-15-16(11-14)26-10-9-25-15/h3-4,11,13H,5-10,12H2,1-2H3. The Morgan fingerprint density at radius 2 is 1.81 bits per heavy atom. The molecule has 0 unspecified atom stereocenters. The van der Waals surface area contributed by atoms with Crippen molar-refractivity contribution in [1.82, 2.24) is 15.1 Å². The predicted molar refractivity (Wildman–Crippen MR) is 98.3 cm³/mol. The molecule has 0 atom stereocenters. The topological polar surface area (TPSA) is 80.9 Å². The molecule has 3 heterocycles. The fourth-order valence-corrected chi connectivity index (χ4v) is 3.22. The first-order valence-electron chi connectivity index (χ1n) is 9.35. The Labute approximate surface area is 158 Å². The van der Waals surface area contributed by atoms with Crippen LogP contribution in [-0.4, -0.2) is 60.4 Å². The van der Waals surface area contributed by atoms with E-state index in [1.807, 2.05) is 41.8 Å². The molecule has 8 nitrogen and oxygen atoms in total. The molecule has 0 aliphatic carbocycles. The number of rotatable bonds is 4. The highest BCUT2D eigenvalue weighted by Gasteiger charge is 2.25. The van der Waals surface area contributed by atoms with Crippen LogP contribution in [0.25, 0.3) is 0 Å². The average molecular weight is 372 g/mol. The zero-order valence-corrected chi connectivity index (χ0v) is 15.7. The Balaban J connectivity index is 1.33. The molecular formula is C19H24N4O4. The number of carbonyl (C=O) groups is 1.